The average molecular weight is 468 g/mol. The molecule has 3 aromatic rings. The van der Waals surface area contributed by atoms with Crippen LogP contribution in [0.4, 0.5) is 0 Å². The molecule has 5 rings (SSSR count). The molecule has 0 unspecified atom stereocenters. The van der Waals surface area contributed by atoms with Crippen LogP contribution in [0.25, 0.3) is 0 Å². The summed E-state index contributed by atoms with van der Waals surface area (Å²) in [5.41, 5.74) is 0.876. The Morgan fingerprint density at radius 2 is 2.00 bits per heavy atom. The van der Waals surface area contributed by atoms with E-state index in [0.717, 1.165) is 11.3 Å². The van der Waals surface area contributed by atoms with E-state index in [1.807, 2.05) is 24.3 Å². The van der Waals surface area contributed by atoms with Crippen molar-refractivity contribution in [2.24, 2.45) is 11.8 Å². The van der Waals surface area contributed by atoms with Crippen LogP contribution in [-0.2, 0) is 10.0 Å². The summed E-state index contributed by atoms with van der Waals surface area (Å²) in [5, 5.41) is 0. The van der Waals surface area contributed by atoms with E-state index in [4.69, 9.17) is 14.2 Å². The minimum Gasteiger partial charge on any atom is -0.497 e. The molecule has 0 aliphatic carbocycles. The smallest absolute Gasteiger partial charge is 0.243 e. The number of hydrogen-bond acceptors (Lipinski definition) is 7. The molecule has 0 amide bonds. The predicted molar refractivity (Wildman–Crippen MR) is 121 cm³/mol. The van der Waals surface area contributed by atoms with Crippen LogP contribution in [0.2, 0.25) is 0 Å². The normalized spacial score (nSPS) is 22.2. The second kappa shape index (κ2) is 8.64. The molecular weight excluding hydrogens is 442 g/mol. The van der Waals surface area contributed by atoms with Gasteiger partial charge in [-0.15, -0.1) is 0 Å². The van der Waals surface area contributed by atoms with E-state index in [0.29, 0.717) is 37.2 Å². The molecule has 0 bridgehead atoms. The molecule has 0 spiro atoms. The first-order valence-electron chi connectivity index (χ1n) is 10.8. The summed E-state index contributed by atoms with van der Waals surface area (Å²) in [5.74, 6) is 2.19. The number of methoxy groups -OCH3 is 1. The molecule has 1 fully saturated rings. The number of sulfonamides is 1. The van der Waals surface area contributed by atoms with Crippen molar-refractivity contribution in [1.29, 1.82) is 0 Å². The number of fused-ring (bicyclic) bond motifs is 3. The van der Waals surface area contributed by atoms with Crippen molar-refractivity contribution in [3.63, 3.8) is 0 Å². The zero-order valence-electron chi connectivity index (χ0n) is 18.4. The molecule has 1 saturated heterocycles. The van der Waals surface area contributed by atoms with Crippen LogP contribution in [0.15, 0.2) is 65.7 Å². The molecule has 0 saturated carbocycles. The topological polar surface area (TPSA) is 90.9 Å². The van der Waals surface area contributed by atoms with Gasteiger partial charge in [-0.25, -0.2) is 13.4 Å². The summed E-state index contributed by atoms with van der Waals surface area (Å²) in [6.07, 6.45) is 1.65. The number of nitrogens with zero attached hydrogens (tertiary/aromatic N) is 3. The van der Waals surface area contributed by atoms with E-state index in [2.05, 4.69) is 9.97 Å². The lowest BCUT2D eigenvalue weighted by Gasteiger charge is -2.34. The van der Waals surface area contributed by atoms with Gasteiger partial charge in [0.1, 0.15) is 17.3 Å². The van der Waals surface area contributed by atoms with Crippen LogP contribution in [0.5, 0.6) is 17.4 Å². The Hall–Kier alpha value is -3.17. The second-order valence-corrected chi connectivity index (χ2v) is 10.1. The van der Waals surface area contributed by atoms with Crippen molar-refractivity contribution < 1.29 is 22.6 Å². The molecule has 172 valence electrons. The van der Waals surface area contributed by atoms with Crippen LogP contribution in [0, 0.1) is 18.8 Å². The van der Waals surface area contributed by atoms with Crippen molar-refractivity contribution >= 4 is 10.0 Å². The number of hydrogen-bond donors (Lipinski definition) is 0. The summed E-state index contributed by atoms with van der Waals surface area (Å²) >= 11 is 0. The Morgan fingerprint density at radius 3 is 2.82 bits per heavy atom. The van der Waals surface area contributed by atoms with Crippen molar-refractivity contribution in [2.75, 3.05) is 26.9 Å². The molecule has 8 nitrogen and oxygen atoms in total. The van der Waals surface area contributed by atoms with E-state index in [9.17, 15) is 8.42 Å². The van der Waals surface area contributed by atoms with Gasteiger partial charge in [0.25, 0.3) is 0 Å². The standard InChI is InChI=1S/C24H25N3O5S/c1-16-25-11-10-23(26-16)32-14-17-13-27(33(28,29)19-7-5-6-18(12-19)30-2)24-20-8-3-4-9-22(20)31-15-21(17)24/h3-12,17,21,24H,13-15H2,1-2H3/t17-,21-,24-/m0/s1. The maximum absolute atomic E-state index is 13.8. The Kier molecular flexibility index (Phi) is 5.67. The van der Waals surface area contributed by atoms with Gasteiger partial charge in [-0.3, -0.25) is 0 Å². The zero-order chi connectivity index (χ0) is 23.0. The molecule has 0 N–H and O–H groups in total. The number of aryl methyl sites for hydroxylation is 1. The van der Waals surface area contributed by atoms with Crippen LogP contribution >= 0.6 is 0 Å². The van der Waals surface area contributed by atoms with Gasteiger partial charge in [-0.05, 0) is 25.1 Å². The van der Waals surface area contributed by atoms with Crippen molar-refractivity contribution in [3.8, 4) is 17.4 Å². The van der Waals surface area contributed by atoms with Gasteiger partial charge in [0.2, 0.25) is 15.9 Å². The number of aromatic nitrogens is 2. The first kappa shape index (κ1) is 21.7. The van der Waals surface area contributed by atoms with E-state index < -0.39 is 10.0 Å². The minimum atomic E-state index is -3.79. The fourth-order valence-corrected chi connectivity index (χ4v) is 6.38. The molecule has 33 heavy (non-hydrogen) atoms. The highest BCUT2D eigenvalue weighted by Gasteiger charge is 2.51. The lowest BCUT2D eigenvalue weighted by atomic mass is 9.86. The van der Waals surface area contributed by atoms with Crippen molar-refractivity contribution in [1.82, 2.24) is 14.3 Å². The monoisotopic (exact) mass is 467 g/mol. The van der Waals surface area contributed by atoms with Crippen LogP contribution in [0.3, 0.4) is 0 Å². The summed E-state index contributed by atoms with van der Waals surface area (Å²) in [4.78, 5) is 8.60. The second-order valence-electron chi connectivity index (χ2n) is 8.22. The molecule has 2 aliphatic heterocycles. The Morgan fingerprint density at radius 1 is 1.15 bits per heavy atom. The highest BCUT2D eigenvalue weighted by atomic mass is 32.2. The lowest BCUT2D eigenvalue weighted by molar-refractivity contribution is 0.134. The highest BCUT2D eigenvalue weighted by Crippen LogP contribution is 2.49. The van der Waals surface area contributed by atoms with E-state index in [1.165, 1.54) is 7.11 Å². The molecule has 3 heterocycles. The molecule has 2 aliphatic rings. The fraction of sp³-hybridized carbons (Fsp3) is 0.333. The van der Waals surface area contributed by atoms with Crippen LogP contribution < -0.4 is 14.2 Å². The minimum absolute atomic E-state index is 0.0526. The molecular formula is C24H25N3O5S. The first-order chi connectivity index (χ1) is 16.0. The Bertz CT molecular complexity index is 1270. The van der Waals surface area contributed by atoms with Gasteiger partial charge in [-0.1, -0.05) is 24.3 Å². The number of ether oxygens (including phenoxy) is 3. The third-order valence-electron chi connectivity index (χ3n) is 6.25. The molecule has 0 radical (unpaired) electrons. The Labute approximate surface area is 193 Å². The summed E-state index contributed by atoms with van der Waals surface area (Å²) in [7, 11) is -2.27. The van der Waals surface area contributed by atoms with Gasteiger partial charge in [0, 0.05) is 42.3 Å². The van der Waals surface area contributed by atoms with E-state index in [-0.39, 0.29) is 22.8 Å². The van der Waals surface area contributed by atoms with Crippen molar-refractivity contribution in [3.05, 3.63) is 72.2 Å². The lowest BCUT2D eigenvalue weighted by Crippen LogP contribution is -2.35. The van der Waals surface area contributed by atoms with Gasteiger partial charge >= 0.3 is 0 Å². The summed E-state index contributed by atoms with van der Waals surface area (Å²) in [6.45, 7) is 2.86. The van der Waals surface area contributed by atoms with Crippen LogP contribution in [0.1, 0.15) is 17.4 Å². The summed E-state index contributed by atoms with van der Waals surface area (Å²) in [6, 6.07) is 15.6. The maximum atomic E-state index is 13.8. The Balaban J connectivity index is 1.50. The zero-order valence-corrected chi connectivity index (χ0v) is 19.2. The van der Waals surface area contributed by atoms with E-state index >= 15 is 0 Å². The van der Waals surface area contributed by atoms with Gasteiger partial charge in [-0.2, -0.15) is 9.29 Å². The van der Waals surface area contributed by atoms with Gasteiger partial charge < -0.3 is 14.2 Å². The number of para-hydroxylation sites is 1. The molecule has 3 atom stereocenters. The highest BCUT2D eigenvalue weighted by molar-refractivity contribution is 7.89. The van der Waals surface area contributed by atoms with Crippen molar-refractivity contribution in [2.45, 2.75) is 17.9 Å². The number of benzene rings is 2. The SMILES string of the molecule is COc1cccc(S(=O)(=O)N2C[C@@H](COc3ccnc(C)n3)[C@@H]3COc4ccccc4[C@@H]32)c1. The van der Waals surface area contributed by atoms with Gasteiger partial charge in [0.05, 0.1) is 31.3 Å². The third-order valence-corrected chi connectivity index (χ3v) is 8.09. The maximum Gasteiger partial charge on any atom is 0.243 e. The quantitative estimate of drug-likeness (QED) is 0.550. The van der Waals surface area contributed by atoms with Gasteiger partial charge in [0.15, 0.2) is 0 Å². The molecule has 1 aromatic heterocycles. The predicted octanol–water partition coefficient (Wildman–Crippen LogP) is 3.24. The summed E-state index contributed by atoms with van der Waals surface area (Å²) < 4.78 is 46.4. The molecule has 2 aromatic carbocycles. The largest absolute Gasteiger partial charge is 0.497 e. The van der Waals surface area contributed by atoms with Crippen LogP contribution in [-0.4, -0.2) is 49.6 Å². The average Bonchev–Trinajstić information content (AvgIpc) is 3.23. The molecule has 9 heteroatoms. The third kappa shape index (κ3) is 4.02. The first-order valence-corrected chi connectivity index (χ1v) is 12.2. The van der Waals surface area contributed by atoms with E-state index in [1.54, 1.807) is 47.8 Å². The number of rotatable bonds is 6. The fourth-order valence-electron chi connectivity index (χ4n) is 4.64.